The van der Waals surface area contributed by atoms with Gasteiger partial charge in [-0.2, -0.15) is 4.98 Å². The van der Waals surface area contributed by atoms with E-state index in [0.29, 0.717) is 0 Å². The highest BCUT2D eigenvalue weighted by Crippen LogP contribution is 2.39. The molecule has 0 amide bonds. The highest BCUT2D eigenvalue weighted by molar-refractivity contribution is 9.10. The average molecular weight is 361 g/mol. The van der Waals surface area contributed by atoms with Gasteiger partial charge in [0.1, 0.15) is 10.8 Å². The second kappa shape index (κ2) is 6.02. The molecule has 20 heavy (non-hydrogen) atoms. The molecule has 1 aromatic heterocycles. The van der Waals surface area contributed by atoms with E-state index in [1.165, 1.54) is 25.6 Å². The van der Waals surface area contributed by atoms with Crippen LogP contribution in [0.3, 0.4) is 0 Å². The van der Waals surface area contributed by atoms with E-state index in [1.807, 2.05) is 0 Å². The molecule has 9 heteroatoms. The van der Waals surface area contributed by atoms with Crippen molar-refractivity contribution in [2.24, 2.45) is 0 Å². The zero-order valence-electron chi connectivity index (χ0n) is 10.0. The summed E-state index contributed by atoms with van der Waals surface area (Å²) in [6.07, 6.45) is 1.20. The molecular formula is C11H7BrClN3O4. The third kappa shape index (κ3) is 2.81. The van der Waals surface area contributed by atoms with Gasteiger partial charge in [0.15, 0.2) is 10.9 Å². The molecule has 0 atom stereocenters. The molecule has 0 N–H and O–H groups in total. The number of hydrogen-bond donors (Lipinski definition) is 0. The SMILES string of the molecule is COc1c(Cl)ncnc1Oc1cccc([N+](=O)[O-])c1Br. The summed E-state index contributed by atoms with van der Waals surface area (Å²) in [5.74, 6) is 0.425. The fourth-order valence-electron chi connectivity index (χ4n) is 1.40. The van der Waals surface area contributed by atoms with Crippen LogP contribution in [0.4, 0.5) is 5.69 Å². The van der Waals surface area contributed by atoms with Gasteiger partial charge in [-0.3, -0.25) is 10.1 Å². The lowest BCUT2D eigenvalue weighted by Gasteiger charge is -2.10. The lowest BCUT2D eigenvalue weighted by molar-refractivity contribution is -0.385. The number of nitro benzene ring substituents is 1. The molecule has 0 fully saturated rings. The molecule has 0 bridgehead atoms. The first-order valence-corrected chi connectivity index (χ1v) is 6.37. The molecule has 0 spiro atoms. The van der Waals surface area contributed by atoms with E-state index in [2.05, 4.69) is 25.9 Å². The van der Waals surface area contributed by atoms with Crippen LogP contribution in [0.2, 0.25) is 5.15 Å². The number of ether oxygens (including phenoxy) is 2. The van der Waals surface area contributed by atoms with Gasteiger partial charge >= 0.3 is 0 Å². The molecule has 0 aliphatic heterocycles. The van der Waals surface area contributed by atoms with Gasteiger partial charge in [0.25, 0.3) is 11.6 Å². The highest BCUT2D eigenvalue weighted by atomic mass is 79.9. The molecule has 0 saturated carbocycles. The Hall–Kier alpha value is -1.93. The van der Waals surface area contributed by atoms with Crippen LogP contribution >= 0.6 is 27.5 Å². The molecule has 104 valence electrons. The number of halogens is 2. The van der Waals surface area contributed by atoms with Crippen LogP contribution in [0, 0.1) is 10.1 Å². The Bertz CT molecular complexity index is 668. The maximum Gasteiger partial charge on any atom is 0.287 e. The molecular weight excluding hydrogens is 353 g/mol. The molecule has 0 radical (unpaired) electrons. The Labute approximate surface area is 126 Å². The summed E-state index contributed by atoms with van der Waals surface area (Å²) in [4.78, 5) is 18.0. The van der Waals surface area contributed by atoms with Crippen LogP contribution < -0.4 is 9.47 Å². The summed E-state index contributed by atoms with van der Waals surface area (Å²) in [7, 11) is 1.39. The molecule has 2 rings (SSSR count). The van der Waals surface area contributed by atoms with Crippen molar-refractivity contribution in [3.63, 3.8) is 0 Å². The standard InChI is InChI=1S/C11H7BrClN3O4/c1-19-9-10(13)14-5-15-11(9)20-7-4-2-3-6(8(7)12)16(17)18/h2-5H,1H3. The van der Waals surface area contributed by atoms with E-state index in [1.54, 1.807) is 6.07 Å². The number of hydrogen-bond acceptors (Lipinski definition) is 6. The number of rotatable bonds is 4. The number of nitrogens with zero attached hydrogens (tertiary/aromatic N) is 3. The van der Waals surface area contributed by atoms with Crippen molar-refractivity contribution in [3.8, 4) is 17.4 Å². The largest absolute Gasteiger partial charge is 0.489 e. The first-order valence-electron chi connectivity index (χ1n) is 5.19. The van der Waals surface area contributed by atoms with Crippen molar-refractivity contribution < 1.29 is 14.4 Å². The maximum absolute atomic E-state index is 10.9. The number of benzene rings is 1. The monoisotopic (exact) mass is 359 g/mol. The molecule has 0 aliphatic carbocycles. The minimum Gasteiger partial charge on any atom is -0.489 e. The summed E-state index contributed by atoms with van der Waals surface area (Å²) in [6, 6.07) is 4.39. The van der Waals surface area contributed by atoms with Gasteiger partial charge in [0, 0.05) is 6.07 Å². The summed E-state index contributed by atoms with van der Waals surface area (Å²) in [6.45, 7) is 0. The average Bonchev–Trinajstić information content (AvgIpc) is 2.41. The highest BCUT2D eigenvalue weighted by Gasteiger charge is 2.19. The first-order chi connectivity index (χ1) is 9.54. The van der Waals surface area contributed by atoms with Crippen molar-refractivity contribution in [2.45, 2.75) is 0 Å². The lowest BCUT2D eigenvalue weighted by atomic mass is 10.3. The second-order valence-electron chi connectivity index (χ2n) is 3.45. The van der Waals surface area contributed by atoms with Crippen LogP contribution in [0.5, 0.6) is 17.4 Å². The summed E-state index contributed by atoms with van der Waals surface area (Å²) >= 11 is 8.96. The number of methoxy groups -OCH3 is 1. The lowest BCUT2D eigenvalue weighted by Crippen LogP contribution is -1.97. The van der Waals surface area contributed by atoms with Crippen LogP contribution in [-0.4, -0.2) is 22.0 Å². The Morgan fingerprint density at radius 1 is 1.40 bits per heavy atom. The van der Waals surface area contributed by atoms with E-state index in [9.17, 15) is 10.1 Å². The summed E-state index contributed by atoms with van der Waals surface area (Å²) in [5, 5.41) is 10.9. The van der Waals surface area contributed by atoms with Gasteiger partial charge in [-0.15, -0.1) is 0 Å². The Kier molecular flexibility index (Phi) is 4.35. The zero-order valence-corrected chi connectivity index (χ0v) is 12.4. The summed E-state index contributed by atoms with van der Waals surface area (Å²) < 4.78 is 10.7. The van der Waals surface area contributed by atoms with Gasteiger partial charge in [-0.05, 0) is 22.0 Å². The van der Waals surface area contributed by atoms with Crippen molar-refractivity contribution in [3.05, 3.63) is 44.3 Å². The van der Waals surface area contributed by atoms with Crippen molar-refractivity contribution >= 4 is 33.2 Å². The van der Waals surface area contributed by atoms with Crippen LogP contribution in [0.25, 0.3) is 0 Å². The Balaban J connectivity index is 2.43. The van der Waals surface area contributed by atoms with Crippen LogP contribution in [-0.2, 0) is 0 Å². The third-order valence-corrected chi connectivity index (χ3v) is 3.34. The molecule has 0 saturated heterocycles. The maximum atomic E-state index is 10.9. The van der Waals surface area contributed by atoms with Crippen LogP contribution in [0.15, 0.2) is 29.0 Å². The summed E-state index contributed by atoms with van der Waals surface area (Å²) in [5.41, 5.74) is -0.124. The van der Waals surface area contributed by atoms with E-state index in [-0.39, 0.29) is 32.7 Å². The fourth-order valence-corrected chi connectivity index (χ4v) is 2.10. The van der Waals surface area contributed by atoms with Crippen molar-refractivity contribution in [1.82, 2.24) is 9.97 Å². The van der Waals surface area contributed by atoms with Gasteiger partial charge in [-0.25, -0.2) is 4.98 Å². The molecule has 7 nitrogen and oxygen atoms in total. The third-order valence-electron chi connectivity index (χ3n) is 2.28. The smallest absolute Gasteiger partial charge is 0.287 e. The number of aromatic nitrogens is 2. The number of nitro groups is 1. The van der Waals surface area contributed by atoms with Crippen LogP contribution in [0.1, 0.15) is 0 Å². The predicted molar refractivity (Wildman–Crippen MR) is 74.5 cm³/mol. The Morgan fingerprint density at radius 2 is 2.15 bits per heavy atom. The minimum absolute atomic E-state index is 0.0636. The van der Waals surface area contributed by atoms with Gasteiger partial charge in [0.2, 0.25) is 5.75 Å². The van der Waals surface area contributed by atoms with E-state index in [0.717, 1.165) is 0 Å². The topological polar surface area (TPSA) is 87.4 Å². The molecule has 1 heterocycles. The normalized spacial score (nSPS) is 10.2. The van der Waals surface area contributed by atoms with E-state index in [4.69, 9.17) is 21.1 Å². The van der Waals surface area contributed by atoms with Crippen molar-refractivity contribution in [2.75, 3.05) is 7.11 Å². The first kappa shape index (κ1) is 14.5. The minimum atomic E-state index is -0.527. The van der Waals surface area contributed by atoms with Crippen molar-refractivity contribution in [1.29, 1.82) is 0 Å². The second-order valence-corrected chi connectivity index (χ2v) is 4.60. The molecule has 1 aromatic carbocycles. The van der Waals surface area contributed by atoms with Gasteiger partial charge < -0.3 is 9.47 Å². The van der Waals surface area contributed by atoms with Gasteiger partial charge in [-0.1, -0.05) is 17.7 Å². The van der Waals surface area contributed by atoms with E-state index >= 15 is 0 Å². The van der Waals surface area contributed by atoms with E-state index < -0.39 is 4.92 Å². The molecule has 2 aromatic rings. The molecule has 0 aliphatic rings. The van der Waals surface area contributed by atoms with Gasteiger partial charge in [0.05, 0.1) is 12.0 Å². The molecule has 0 unspecified atom stereocenters. The quantitative estimate of drug-likeness (QED) is 0.470. The fraction of sp³-hybridized carbons (Fsp3) is 0.0909. The zero-order chi connectivity index (χ0) is 14.7. The predicted octanol–water partition coefficient (Wildman–Crippen LogP) is 3.60. The Morgan fingerprint density at radius 3 is 2.80 bits per heavy atom.